The van der Waals surface area contributed by atoms with E-state index in [1.807, 2.05) is 24.3 Å². The van der Waals surface area contributed by atoms with Crippen LogP contribution in [0.5, 0.6) is 5.75 Å². The van der Waals surface area contributed by atoms with E-state index < -0.39 is 5.95 Å². The molecule has 0 spiro atoms. The van der Waals surface area contributed by atoms with Gasteiger partial charge in [-0.05, 0) is 36.4 Å². The molecule has 1 aromatic carbocycles. The number of aromatic nitrogens is 4. The Morgan fingerprint density at radius 2 is 1.95 bits per heavy atom. The molecule has 0 saturated carbocycles. The van der Waals surface area contributed by atoms with Crippen molar-refractivity contribution in [3.05, 3.63) is 60.3 Å². The first-order valence-electron chi connectivity index (χ1n) is 6.40. The second kappa shape index (κ2) is 5.70. The summed E-state index contributed by atoms with van der Waals surface area (Å²) in [5.74, 6) is 0.290. The van der Waals surface area contributed by atoms with E-state index in [0.717, 1.165) is 17.0 Å². The number of pyridine rings is 1. The third kappa shape index (κ3) is 3.05. The minimum Gasteiger partial charge on any atom is -0.497 e. The second-order valence-corrected chi connectivity index (χ2v) is 4.48. The van der Waals surface area contributed by atoms with Crippen molar-refractivity contribution in [2.24, 2.45) is 0 Å². The summed E-state index contributed by atoms with van der Waals surface area (Å²) < 4.78 is 19.8. The van der Waals surface area contributed by atoms with Crippen LogP contribution in [0.2, 0.25) is 0 Å². The molecule has 21 heavy (non-hydrogen) atoms. The van der Waals surface area contributed by atoms with Crippen LogP contribution in [0.25, 0.3) is 11.3 Å². The minimum atomic E-state index is -0.497. The van der Waals surface area contributed by atoms with E-state index in [1.165, 1.54) is 6.07 Å². The number of hydrogen-bond donors (Lipinski definition) is 0. The normalized spacial score (nSPS) is 10.6. The lowest BCUT2D eigenvalue weighted by atomic mass is 10.2. The smallest absolute Gasteiger partial charge is 0.213 e. The largest absolute Gasteiger partial charge is 0.497 e. The molecule has 106 valence electrons. The fourth-order valence-corrected chi connectivity index (χ4v) is 1.97. The monoisotopic (exact) mass is 284 g/mol. The van der Waals surface area contributed by atoms with E-state index in [4.69, 9.17) is 4.74 Å². The molecule has 0 amide bonds. The summed E-state index contributed by atoms with van der Waals surface area (Å²) in [6.07, 6.45) is 1.80. The summed E-state index contributed by atoms with van der Waals surface area (Å²) in [5.41, 5.74) is 2.28. The highest BCUT2D eigenvalue weighted by Gasteiger charge is 2.05. The van der Waals surface area contributed by atoms with Crippen LogP contribution in [0.4, 0.5) is 4.39 Å². The number of hydrogen-bond acceptors (Lipinski definition) is 4. The average molecular weight is 284 g/mol. The van der Waals surface area contributed by atoms with Crippen LogP contribution in [0.15, 0.2) is 48.7 Å². The summed E-state index contributed by atoms with van der Waals surface area (Å²) >= 11 is 0. The van der Waals surface area contributed by atoms with Gasteiger partial charge in [0.25, 0.3) is 0 Å². The molecule has 3 rings (SSSR count). The van der Waals surface area contributed by atoms with E-state index in [2.05, 4.69) is 15.3 Å². The molecule has 0 bridgehead atoms. The van der Waals surface area contributed by atoms with E-state index in [0.29, 0.717) is 12.2 Å². The summed E-state index contributed by atoms with van der Waals surface area (Å²) in [5, 5.41) is 8.14. The molecule has 0 N–H and O–H groups in total. The van der Waals surface area contributed by atoms with E-state index >= 15 is 0 Å². The molecule has 0 aliphatic rings. The number of halogens is 1. The third-order valence-corrected chi connectivity index (χ3v) is 3.02. The van der Waals surface area contributed by atoms with Gasteiger partial charge >= 0.3 is 0 Å². The van der Waals surface area contributed by atoms with Crippen molar-refractivity contribution in [2.75, 3.05) is 7.11 Å². The summed E-state index contributed by atoms with van der Waals surface area (Å²) in [4.78, 5) is 3.80. The zero-order valence-corrected chi connectivity index (χ0v) is 11.4. The highest BCUT2D eigenvalue weighted by atomic mass is 19.1. The van der Waals surface area contributed by atoms with Gasteiger partial charge < -0.3 is 4.74 Å². The Kier molecular flexibility index (Phi) is 3.59. The van der Waals surface area contributed by atoms with Gasteiger partial charge in [0.1, 0.15) is 11.4 Å². The number of nitrogens with zero attached hydrogens (tertiary/aromatic N) is 4. The van der Waals surface area contributed by atoms with Crippen LogP contribution in [0, 0.1) is 5.95 Å². The van der Waals surface area contributed by atoms with Crippen molar-refractivity contribution in [3.8, 4) is 17.0 Å². The fraction of sp³-hybridized carbons (Fsp3) is 0.133. The highest BCUT2D eigenvalue weighted by molar-refractivity contribution is 5.58. The van der Waals surface area contributed by atoms with Gasteiger partial charge in [-0.25, -0.2) is 9.67 Å². The molecule has 0 aliphatic heterocycles. The van der Waals surface area contributed by atoms with Gasteiger partial charge in [0.15, 0.2) is 0 Å². The highest BCUT2D eigenvalue weighted by Crippen LogP contribution is 2.20. The van der Waals surface area contributed by atoms with Gasteiger partial charge in [-0.15, -0.1) is 5.10 Å². The number of rotatable bonds is 4. The van der Waals surface area contributed by atoms with Crippen molar-refractivity contribution >= 4 is 0 Å². The summed E-state index contributed by atoms with van der Waals surface area (Å²) in [6.45, 7) is 0.376. The Morgan fingerprint density at radius 3 is 2.67 bits per heavy atom. The Labute approximate surface area is 121 Å². The molecule has 0 radical (unpaired) electrons. The Bertz CT molecular complexity index is 739. The van der Waals surface area contributed by atoms with Crippen LogP contribution in [0.1, 0.15) is 5.69 Å². The lowest BCUT2D eigenvalue weighted by Crippen LogP contribution is -2.03. The van der Waals surface area contributed by atoms with Gasteiger partial charge in [0.2, 0.25) is 5.95 Å². The maximum absolute atomic E-state index is 13.0. The van der Waals surface area contributed by atoms with Crippen molar-refractivity contribution in [1.82, 2.24) is 20.0 Å². The molecule has 0 saturated heterocycles. The first-order valence-corrected chi connectivity index (χ1v) is 6.40. The molecule has 2 heterocycles. The second-order valence-electron chi connectivity index (χ2n) is 4.48. The maximum atomic E-state index is 13.0. The zero-order chi connectivity index (χ0) is 14.7. The maximum Gasteiger partial charge on any atom is 0.213 e. The molecule has 2 aromatic heterocycles. The average Bonchev–Trinajstić information content (AvgIpc) is 2.96. The standard InChI is InChI=1S/C15H13FN4O/c1-21-13-7-5-11(6-8-13)14-10-20(19-18-14)9-12-3-2-4-15(16)17-12/h2-8,10H,9H2,1H3. The quantitative estimate of drug-likeness (QED) is 0.691. The first-order chi connectivity index (χ1) is 10.2. The summed E-state index contributed by atoms with van der Waals surface area (Å²) in [7, 11) is 1.62. The molecule has 0 aliphatic carbocycles. The number of ether oxygens (including phenoxy) is 1. The van der Waals surface area contributed by atoms with E-state index in [1.54, 1.807) is 30.1 Å². The van der Waals surface area contributed by atoms with E-state index in [-0.39, 0.29) is 0 Å². The molecule has 0 atom stereocenters. The van der Waals surface area contributed by atoms with Crippen LogP contribution in [-0.4, -0.2) is 27.1 Å². The van der Waals surface area contributed by atoms with Gasteiger partial charge in [0.05, 0.1) is 25.5 Å². The SMILES string of the molecule is COc1ccc(-c2cn(Cc3cccc(F)n3)nn2)cc1. The van der Waals surface area contributed by atoms with Gasteiger partial charge in [-0.1, -0.05) is 11.3 Å². The molecule has 0 fully saturated rings. The molecule has 3 aromatic rings. The van der Waals surface area contributed by atoms with Crippen LogP contribution < -0.4 is 4.74 Å². The molecule has 5 nitrogen and oxygen atoms in total. The molecule has 0 unspecified atom stereocenters. The lowest BCUT2D eigenvalue weighted by molar-refractivity contribution is 0.415. The zero-order valence-electron chi connectivity index (χ0n) is 11.4. The van der Waals surface area contributed by atoms with Gasteiger partial charge in [0, 0.05) is 5.56 Å². The number of benzene rings is 1. The van der Waals surface area contributed by atoms with Gasteiger partial charge in [-0.2, -0.15) is 4.39 Å². The summed E-state index contributed by atoms with van der Waals surface area (Å²) in [6, 6.07) is 12.2. The van der Waals surface area contributed by atoms with Crippen molar-refractivity contribution in [1.29, 1.82) is 0 Å². The molecular weight excluding hydrogens is 271 g/mol. The Morgan fingerprint density at radius 1 is 1.14 bits per heavy atom. The first kappa shape index (κ1) is 13.2. The molecule has 6 heteroatoms. The van der Waals surface area contributed by atoms with Gasteiger partial charge in [-0.3, -0.25) is 0 Å². The predicted molar refractivity (Wildman–Crippen MR) is 75.3 cm³/mol. The van der Waals surface area contributed by atoms with Crippen LogP contribution >= 0.6 is 0 Å². The predicted octanol–water partition coefficient (Wildman–Crippen LogP) is 2.54. The Balaban J connectivity index is 1.79. The molecular formula is C15H13FN4O. The van der Waals surface area contributed by atoms with Crippen molar-refractivity contribution < 1.29 is 9.13 Å². The topological polar surface area (TPSA) is 52.8 Å². The fourth-order valence-electron chi connectivity index (χ4n) is 1.97. The van der Waals surface area contributed by atoms with E-state index in [9.17, 15) is 4.39 Å². The third-order valence-electron chi connectivity index (χ3n) is 3.02. The Hall–Kier alpha value is -2.76. The minimum absolute atomic E-state index is 0.376. The van der Waals surface area contributed by atoms with Crippen molar-refractivity contribution in [3.63, 3.8) is 0 Å². The van der Waals surface area contributed by atoms with Crippen molar-refractivity contribution in [2.45, 2.75) is 6.54 Å². The van der Waals surface area contributed by atoms with Crippen LogP contribution in [0.3, 0.4) is 0 Å². The van der Waals surface area contributed by atoms with Crippen LogP contribution in [-0.2, 0) is 6.54 Å². The number of methoxy groups -OCH3 is 1. The lowest BCUT2D eigenvalue weighted by Gasteiger charge is -2.00.